The molecule has 1 aliphatic carbocycles. The van der Waals surface area contributed by atoms with E-state index in [0.717, 1.165) is 76.0 Å². The summed E-state index contributed by atoms with van der Waals surface area (Å²) in [7, 11) is 0. The van der Waals surface area contributed by atoms with Crippen LogP contribution in [0.1, 0.15) is 408 Å². The molecular formula is C73H146N2O6. The third-order valence-corrected chi connectivity index (χ3v) is 18.4. The van der Waals surface area contributed by atoms with E-state index in [1.54, 1.807) is 0 Å². The lowest BCUT2D eigenvalue weighted by atomic mass is 9.99. The van der Waals surface area contributed by atoms with Crippen molar-refractivity contribution in [3.05, 3.63) is 0 Å². The molecule has 0 aromatic rings. The van der Waals surface area contributed by atoms with Gasteiger partial charge in [-0.3, -0.25) is 9.59 Å². The summed E-state index contributed by atoms with van der Waals surface area (Å²) >= 11 is 0. The number of nitrogens with one attached hydrogen (secondary N) is 2. The van der Waals surface area contributed by atoms with E-state index < -0.39 is 24.4 Å². The van der Waals surface area contributed by atoms with Crippen LogP contribution < -0.4 is 10.6 Å². The fourth-order valence-electron chi connectivity index (χ4n) is 12.4. The summed E-state index contributed by atoms with van der Waals surface area (Å²) in [5.41, 5.74) is 0. The Labute approximate surface area is 506 Å². The van der Waals surface area contributed by atoms with Gasteiger partial charge < -0.3 is 31.1 Å². The molecule has 0 aliphatic heterocycles. The molecule has 1 aliphatic rings. The number of amides is 2. The Balaban J connectivity index is 0.00000159. The van der Waals surface area contributed by atoms with Crippen LogP contribution in [0, 0.1) is 11.8 Å². The minimum absolute atomic E-state index is 0.257. The lowest BCUT2D eigenvalue weighted by Gasteiger charge is -2.24. The highest BCUT2D eigenvalue weighted by atomic mass is 16.3. The molecule has 0 heterocycles. The van der Waals surface area contributed by atoms with Crippen molar-refractivity contribution in [2.24, 2.45) is 11.8 Å². The van der Waals surface area contributed by atoms with Gasteiger partial charge in [0, 0.05) is 0 Å². The largest absolute Gasteiger partial charge is 0.391 e. The summed E-state index contributed by atoms with van der Waals surface area (Å²) in [6, 6.07) is -0.515. The molecule has 8 atom stereocenters. The van der Waals surface area contributed by atoms with E-state index in [-0.39, 0.29) is 23.9 Å². The summed E-state index contributed by atoms with van der Waals surface area (Å²) in [6.07, 6.45) is 67.7. The maximum absolute atomic E-state index is 12.5. The van der Waals surface area contributed by atoms with Crippen molar-refractivity contribution in [2.45, 2.75) is 444 Å². The Hall–Kier alpha value is -1.22. The maximum atomic E-state index is 12.5. The zero-order valence-corrected chi connectivity index (χ0v) is 55.5. The minimum Gasteiger partial charge on any atom is -0.391 e. The Kier molecular flexibility index (Phi) is 60.9. The maximum Gasteiger partial charge on any atom is 0.249 e. The second-order valence-electron chi connectivity index (χ2n) is 26.3. The molecule has 8 heteroatoms. The zero-order valence-electron chi connectivity index (χ0n) is 55.5. The smallest absolute Gasteiger partial charge is 0.249 e. The number of carbonyl (C=O) groups is 2. The number of unbranched alkanes of at least 4 members (excludes halogenated alkanes) is 43. The monoisotopic (exact) mass is 1150 g/mol. The number of aliphatic hydroxyl groups is 4. The van der Waals surface area contributed by atoms with E-state index in [9.17, 15) is 30.0 Å². The number of rotatable bonds is 63. The molecule has 1 rings (SSSR count). The van der Waals surface area contributed by atoms with Crippen LogP contribution in [0.4, 0.5) is 0 Å². The summed E-state index contributed by atoms with van der Waals surface area (Å²) in [6.45, 7) is 13.1. The van der Waals surface area contributed by atoms with Crippen LogP contribution in [0.5, 0.6) is 0 Å². The number of hydrogen-bond acceptors (Lipinski definition) is 6. The van der Waals surface area contributed by atoms with E-state index >= 15 is 0 Å². The zero-order chi connectivity index (χ0) is 59.5. The first kappa shape index (κ1) is 79.8. The van der Waals surface area contributed by atoms with Gasteiger partial charge in [0.15, 0.2) is 0 Å². The van der Waals surface area contributed by atoms with Gasteiger partial charge in [-0.2, -0.15) is 0 Å². The van der Waals surface area contributed by atoms with Crippen molar-refractivity contribution >= 4 is 11.8 Å². The average molecular weight is 1150 g/mol. The standard InChI is InChI=1S/C38H75NO3.C35H71NO3/c1-4-7-9-11-12-13-14-15-16-19-23-27-31-37(41)38(42)39-35(6-3)36(40)30-26-22-20-17-18-21-25-29-34-32-33(34)28-24-10-8-5-2;1-4-7-9-11-13-15-17-19-21-22-24-26-28-30-33(37)32(6-3)36-35(39)34(38)31-29-27-25-23-20-18-16-14-12-10-8-5-2/h33-37,40-41H,4-32H2,1-3H3,(H,39,42);32-34,37-38H,4-31H2,1-3H3,(H,36,39). The molecule has 1 fully saturated rings. The van der Waals surface area contributed by atoms with E-state index in [1.807, 2.05) is 13.8 Å². The van der Waals surface area contributed by atoms with Crippen LogP contribution >= 0.6 is 0 Å². The first-order valence-corrected chi connectivity index (χ1v) is 36.9. The molecule has 8 unspecified atom stereocenters. The molecule has 484 valence electrons. The van der Waals surface area contributed by atoms with Crippen molar-refractivity contribution in [2.75, 3.05) is 0 Å². The Bertz CT molecular complexity index is 1280. The lowest BCUT2D eigenvalue weighted by molar-refractivity contribution is -0.132. The van der Waals surface area contributed by atoms with Crippen molar-refractivity contribution in [1.29, 1.82) is 0 Å². The number of hydrogen-bond donors (Lipinski definition) is 6. The van der Waals surface area contributed by atoms with E-state index in [0.29, 0.717) is 25.7 Å². The SMILES string of the molecule is CCCCCCCCCCCCCCC(O)C(=O)NC(CC)C(O)CCCCCCCCCC1CC1CCCCCC.CCCCCCCCCCCCCCCC(O)C(CC)NC(=O)C(O)CCCCCCCCCCCCCC. The number of aliphatic hydroxyl groups excluding tert-OH is 4. The molecule has 8 nitrogen and oxygen atoms in total. The van der Waals surface area contributed by atoms with Crippen LogP contribution in [0.25, 0.3) is 0 Å². The highest BCUT2D eigenvalue weighted by molar-refractivity contribution is 5.81. The fraction of sp³-hybridized carbons (Fsp3) is 0.973. The van der Waals surface area contributed by atoms with Gasteiger partial charge in [0.2, 0.25) is 11.8 Å². The topological polar surface area (TPSA) is 139 Å². The third-order valence-electron chi connectivity index (χ3n) is 18.4. The second kappa shape index (κ2) is 61.9. The van der Waals surface area contributed by atoms with Crippen molar-refractivity contribution in [3.63, 3.8) is 0 Å². The van der Waals surface area contributed by atoms with Crippen LogP contribution in [-0.4, -0.2) is 68.7 Å². The van der Waals surface area contributed by atoms with Gasteiger partial charge in [-0.1, -0.05) is 363 Å². The van der Waals surface area contributed by atoms with E-state index in [2.05, 4.69) is 38.3 Å². The summed E-state index contributed by atoms with van der Waals surface area (Å²) < 4.78 is 0. The predicted octanol–water partition coefficient (Wildman–Crippen LogP) is 21.0. The molecule has 0 saturated heterocycles. The molecule has 0 radical (unpaired) electrons. The molecule has 6 N–H and O–H groups in total. The summed E-state index contributed by atoms with van der Waals surface area (Å²) in [4.78, 5) is 25.0. The Morgan fingerprint density at radius 3 is 0.728 bits per heavy atom. The van der Waals surface area contributed by atoms with Gasteiger partial charge in [-0.15, -0.1) is 0 Å². The van der Waals surface area contributed by atoms with Crippen LogP contribution in [0.15, 0.2) is 0 Å². The molecule has 0 aromatic carbocycles. The van der Waals surface area contributed by atoms with Crippen LogP contribution in [0.2, 0.25) is 0 Å². The average Bonchev–Trinajstić information content (AvgIpc) is 4.24. The van der Waals surface area contributed by atoms with Crippen molar-refractivity contribution in [3.8, 4) is 0 Å². The van der Waals surface area contributed by atoms with Crippen LogP contribution in [-0.2, 0) is 9.59 Å². The molecule has 81 heavy (non-hydrogen) atoms. The van der Waals surface area contributed by atoms with Gasteiger partial charge in [-0.25, -0.2) is 0 Å². The minimum atomic E-state index is -0.953. The Morgan fingerprint density at radius 1 is 0.296 bits per heavy atom. The lowest BCUT2D eigenvalue weighted by Crippen LogP contribution is -2.47. The van der Waals surface area contributed by atoms with Crippen molar-refractivity contribution < 1.29 is 30.0 Å². The highest BCUT2D eigenvalue weighted by Gasteiger charge is 2.35. The highest BCUT2D eigenvalue weighted by Crippen LogP contribution is 2.45. The van der Waals surface area contributed by atoms with E-state index in [4.69, 9.17) is 0 Å². The summed E-state index contributed by atoms with van der Waals surface area (Å²) in [5.74, 6) is 1.50. The molecule has 0 spiro atoms. The quantitative estimate of drug-likeness (QED) is 0.0335. The first-order chi connectivity index (χ1) is 39.6. The predicted molar refractivity (Wildman–Crippen MR) is 352 cm³/mol. The Morgan fingerprint density at radius 2 is 0.494 bits per heavy atom. The number of carbonyl (C=O) groups excluding carboxylic acids is 2. The van der Waals surface area contributed by atoms with Gasteiger partial charge >= 0.3 is 0 Å². The summed E-state index contributed by atoms with van der Waals surface area (Å²) in [5, 5.41) is 47.8. The molecule has 0 aromatic heterocycles. The normalized spacial score (nSPS) is 16.3. The molecular weight excluding hydrogens is 1000 g/mol. The van der Waals surface area contributed by atoms with Gasteiger partial charge in [-0.05, 0) is 56.8 Å². The fourth-order valence-corrected chi connectivity index (χ4v) is 12.4. The molecule has 2 amide bonds. The van der Waals surface area contributed by atoms with Crippen LogP contribution in [0.3, 0.4) is 0 Å². The van der Waals surface area contributed by atoms with Crippen molar-refractivity contribution in [1.82, 2.24) is 10.6 Å². The van der Waals surface area contributed by atoms with Gasteiger partial charge in [0.25, 0.3) is 0 Å². The first-order valence-electron chi connectivity index (χ1n) is 36.9. The van der Waals surface area contributed by atoms with E-state index in [1.165, 1.54) is 276 Å². The van der Waals surface area contributed by atoms with Gasteiger partial charge in [0.1, 0.15) is 12.2 Å². The second-order valence-corrected chi connectivity index (χ2v) is 26.3. The molecule has 0 bridgehead atoms. The third kappa shape index (κ3) is 52.8. The molecule has 1 saturated carbocycles. The van der Waals surface area contributed by atoms with Gasteiger partial charge in [0.05, 0.1) is 24.3 Å².